The maximum atomic E-state index is 14.4. The van der Waals surface area contributed by atoms with E-state index < -0.39 is 95.6 Å². The fourth-order valence-electron chi connectivity index (χ4n) is 9.90. The van der Waals surface area contributed by atoms with Crippen molar-refractivity contribution in [3.8, 4) is 0 Å². The summed E-state index contributed by atoms with van der Waals surface area (Å²) in [5.74, 6) is -3.48. The van der Waals surface area contributed by atoms with E-state index in [4.69, 9.17) is 37.9 Å². The Kier molecular flexibility index (Phi) is 21.0. The van der Waals surface area contributed by atoms with E-state index in [2.05, 4.69) is 12.2 Å². The summed E-state index contributed by atoms with van der Waals surface area (Å²) in [4.78, 5) is 43.3. The lowest BCUT2D eigenvalue weighted by atomic mass is 9.74. The largest absolute Gasteiger partial charge is 0.459 e. The number of unbranched alkanes of at least 4 members (excludes halogenated alkanes) is 1. The first-order chi connectivity index (χ1) is 29.0. The van der Waals surface area contributed by atoms with E-state index in [-0.39, 0.29) is 49.5 Å². The number of nitrogens with zero attached hydrogens (tertiary/aromatic N) is 1. The van der Waals surface area contributed by atoms with E-state index >= 15 is 0 Å². The van der Waals surface area contributed by atoms with Crippen molar-refractivity contribution in [2.24, 2.45) is 23.7 Å². The fourth-order valence-corrected chi connectivity index (χ4v) is 9.90. The molecule has 2 saturated heterocycles. The molecule has 0 aromatic carbocycles. The summed E-state index contributed by atoms with van der Waals surface area (Å²) < 4.78 is 49.8. The van der Waals surface area contributed by atoms with Gasteiger partial charge in [0.1, 0.15) is 35.3 Å². The second-order valence-electron chi connectivity index (χ2n) is 19.4. The number of likely N-dealkylation sites (N-methyl/N-ethyl adjacent to an activating group) is 1. The van der Waals surface area contributed by atoms with Gasteiger partial charge in [0.25, 0.3) is 0 Å². The van der Waals surface area contributed by atoms with Crippen LogP contribution in [0.2, 0.25) is 0 Å². The minimum atomic E-state index is -1.73. The number of carbonyl (C=O) groups is 3. The van der Waals surface area contributed by atoms with Crippen LogP contribution in [0.3, 0.4) is 0 Å². The molecule has 362 valence electrons. The average Bonchev–Trinajstić information content (AvgIpc) is 3.20. The normalized spacial score (nSPS) is 41.6. The molecule has 0 aromatic heterocycles. The standard InChI is InChI=1S/C46H84N2O14/c1-15-17-20-57-21-18-19-47-43(52)62-39-27(3)22-32(26-44(39,8)53)59-38-30(6)40(61-42-37(50)33(48(11)12)23-29(5)58-42)45(9,56-14)25-28(4)34(49)24-36(55-13)46(10,54)35(16-2)60-41(51)31(38)7/h27-33,35-40,42,50,53-54H,15-26H2,1-14H3,(H,47,52)/t27-,28-,29-,30+,31-,32-,33+,35-,36-,37-,38+,39+,40-,42+,44-,45+,46-/m1/s1. The van der Waals surface area contributed by atoms with Crippen LogP contribution in [0.15, 0.2) is 0 Å². The van der Waals surface area contributed by atoms with Crippen LogP contribution in [-0.4, -0.2) is 164 Å². The van der Waals surface area contributed by atoms with Crippen LogP contribution in [0.4, 0.5) is 4.79 Å². The maximum absolute atomic E-state index is 14.4. The van der Waals surface area contributed by atoms with Gasteiger partial charge in [-0.2, -0.15) is 0 Å². The zero-order chi connectivity index (χ0) is 46.7. The molecule has 2 aliphatic heterocycles. The molecule has 0 bridgehead atoms. The fraction of sp³-hybridized carbons (Fsp3) is 0.935. The lowest BCUT2D eigenvalue weighted by Gasteiger charge is -2.49. The van der Waals surface area contributed by atoms with Gasteiger partial charge in [-0.1, -0.05) is 41.0 Å². The molecule has 0 aromatic rings. The maximum Gasteiger partial charge on any atom is 0.407 e. The van der Waals surface area contributed by atoms with E-state index in [0.29, 0.717) is 39.0 Å². The highest BCUT2D eigenvalue weighted by Crippen LogP contribution is 2.42. The number of aliphatic hydroxyl groups excluding tert-OH is 1. The highest BCUT2D eigenvalue weighted by atomic mass is 16.7. The SMILES string of the molecule is CCCCOCCCNC(=O)O[C@H]1[C@H](C)C[C@@H](O[C@H]2[C@H](C)[C@@H](O[C@@H]3O[C@H](C)C[C@H](N(C)C)[C@H]3O)[C@@](C)(OC)C[C@@H](C)C(=O)C[C@@H](OC)[C@](C)(O)[C@@H](CC)OC(=O)[C@@H]2C)C[C@@]1(C)O. The quantitative estimate of drug-likeness (QED) is 0.122. The average molecular weight is 889 g/mol. The first-order valence-corrected chi connectivity index (χ1v) is 23.1. The number of nitrogens with one attached hydrogen (secondary N) is 1. The molecule has 0 unspecified atom stereocenters. The first-order valence-electron chi connectivity index (χ1n) is 23.1. The summed E-state index contributed by atoms with van der Waals surface area (Å²) >= 11 is 0. The number of ketones is 1. The second kappa shape index (κ2) is 24.0. The van der Waals surface area contributed by atoms with E-state index in [1.54, 1.807) is 27.7 Å². The van der Waals surface area contributed by atoms with Gasteiger partial charge in [0, 0.05) is 64.7 Å². The molecule has 4 N–H and O–H groups in total. The molecule has 16 nitrogen and oxygen atoms in total. The van der Waals surface area contributed by atoms with Gasteiger partial charge in [-0.15, -0.1) is 0 Å². The zero-order valence-electron chi connectivity index (χ0n) is 40.3. The predicted octanol–water partition coefficient (Wildman–Crippen LogP) is 4.80. The first kappa shape index (κ1) is 54.3. The molecule has 16 heteroatoms. The van der Waals surface area contributed by atoms with Crippen molar-refractivity contribution in [2.75, 3.05) is 48.1 Å². The summed E-state index contributed by atoms with van der Waals surface area (Å²) in [5.41, 5.74) is -4.47. The molecule has 0 radical (unpaired) electrons. The number of ether oxygens (including phenoxy) is 8. The van der Waals surface area contributed by atoms with Crippen molar-refractivity contribution in [1.29, 1.82) is 0 Å². The van der Waals surface area contributed by atoms with Crippen LogP contribution < -0.4 is 5.32 Å². The van der Waals surface area contributed by atoms with E-state index in [0.717, 1.165) is 12.8 Å². The summed E-state index contributed by atoms with van der Waals surface area (Å²) in [6.07, 6.45) is -4.57. The molecule has 1 aliphatic carbocycles. The van der Waals surface area contributed by atoms with E-state index in [9.17, 15) is 29.7 Å². The Labute approximate surface area is 371 Å². The summed E-state index contributed by atoms with van der Waals surface area (Å²) in [5, 5.41) is 38.3. The lowest BCUT2D eigenvalue weighted by Crippen LogP contribution is -2.61. The van der Waals surface area contributed by atoms with Crippen molar-refractivity contribution in [3.63, 3.8) is 0 Å². The Hall–Kier alpha value is -1.99. The number of hydrogen-bond donors (Lipinski definition) is 4. The van der Waals surface area contributed by atoms with Crippen LogP contribution in [-0.2, 0) is 47.5 Å². The summed E-state index contributed by atoms with van der Waals surface area (Å²) in [7, 11) is 6.72. The van der Waals surface area contributed by atoms with Crippen LogP contribution >= 0.6 is 0 Å². The zero-order valence-corrected chi connectivity index (χ0v) is 40.3. The topological polar surface area (TPSA) is 201 Å². The van der Waals surface area contributed by atoms with Crippen molar-refractivity contribution in [1.82, 2.24) is 10.2 Å². The van der Waals surface area contributed by atoms with Gasteiger partial charge in [0.05, 0.1) is 42.0 Å². The van der Waals surface area contributed by atoms with Gasteiger partial charge in [-0.25, -0.2) is 4.79 Å². The highest BCUT2D eigenvalue weighted by Gasteiger charge is 2.53. The third-order valence-corrected chi connectivity index (χ3v) is 13.7. The molecule has 3 aliphatic rings. The Morgan fingerprint density at radius 2 is 1.60 bits per heavy atom. The predicted molar refractivity (Wildman–Crippen MR) is 232 cm³/mol. The van der Waals surface area contributed by atoms with Crippen LogP contribution in [0, 0.1) is 23.7 Å². The van der Waals surface area contributed by atoms with Gasteiger partial charge >= 0.3 is 12.1 Å². The minimum absolute atomic E-state index is 0.0679. The molecule has 0 spiro atoms. The van der Waals surface area contributed by atoms with Crippen LogP contribution in [0.5, 0.6) is 0 Å². The number of hydrogen-bond acceptors (Lipinski definition) is 15. The number of Topliss-reactive ketones (excluding diaryl/α,β-unsaturated/α-hetero) is 1. The van der Waals surface area contributed by atoms with Gasteiger partial charge < -0.3 is 63.4 Å². The Balaban J connectivity index is 2.05. The molecule has 62 heavy (non-hydrogen) atoms. The smallest absolute Gasteiger partial charge is 0.407 e. The van der Waals surface area contributed by atoms with Gasteiger partial charge in [0.15, 0.2) is 6.29 Å². The van der Waals surface area contributed by atoms with Crippen molar-refractivity contribution in [3.05, 3.63) is 0 Å². The molecular formula is C46H84N2O14. The van der Waals surface area contributed by atoms with E-state index in [1.165, 1.54) is 21.1 Å². The number of aliphatic hydroxyl groups is 3. The molecule has 17 atom stereocenters. The third kappa shape index (κ3) is 14.0. The van der Waals surface area contributed by atoms with Gasteiger partial charge in [-0.05, 0) is 93.2 Å². The van der Waals surface area contributed by atoms with Crippen molar-refractivity contribution < 1.29 is 67.6 Å². The number of cyclic esters (lactones) is 1. The Morgan fingerprint density at radius 3 is 2.18 bits per heavy atom. The highest BCUT2D eigenvalue weighted by molar-refractivity contribution is 5.81. The number of rotatable bonds is 16. The van der Waals surface area contributed by atoms with Crippen LogP contribution in [0.25, 0.3) is 0 Å². The lowest BCUT2D eigenvalue weighted by molar-refractivity contribution is -0.304. The second-order valence-corrected chi connectivity index (χ2v) is 19.4. The van der Waals surface area contributed by atoms with Crippen LogP contribution in [0.1, 0.15) is 127 Å². The Morgan fingerprint density at radius 1 is 0.935 bits per heavy atom. The van der Waals surface area contributed by atoms with Gasteiger partial charge in [0.2, 0.25) is 0 Å². The van der Waals surface area contributed by atoms with Crippen molar-refractivity contribution >= 4 is 17.8 Å². The molecule has 1 saturated carbocycles. The molecule has 1 amide bonds. The monoisotopic (exact) mass is 889 g/mol. The molecule has 2 heterocycles. The summed E-state index contributed by atoms with van der Waals surface area (Å²) in [6, 6.07) is -0.287. The minimum Gasteiger partial charge on any atom is -0.459 e. The number of amides is 1. The van der Waals surface area contributed by atoms with Gasteiger partial charge in [-0.3, -0.25) is 9.59 Å². The van der Waals surface area contributed by atoms with Crippen molar-refractivity contribution in [2.45, 2.75) is 205 Å². The molecular weight excluding hydrogens is 805 g/mol. The summed E-state index contributed by atoms with van der Waals surface area (Å²) in [6.45, 7) is 19.6. The number of alkyl carbamates (subject to hydrolysis) is 1. The third-order valence-electron chi connectivity index (χ3n) is 13.7. The van der Waals surface area contributed by atoms with E-state index in [1.807, 2.05) is 46.7 Å². The molecule has 3 fully saturated rings. The number of esters is 1. The number of methoxy groups -OCH3 is 2. The molecule has 3 rings (SSSR count). The Bertz CT molecular complexity index is 1400. The number of carbonyl (C=O) groups excluding carboxylic acids is 3.